The molecule has 90 valence electrons. The third-order valence-electron chi connectivity index (χ3n) is 2.86. The maximum absolute atomic E-state index is 5.88. The van der Waals surface area contributed by atoms with E-state index in [0.29, 0.717) is 0 Å². The van der Waals surface area contributed by atoms with Gasteiger partial charge in [0.2, 0.25) is 0 Å². The molecule has 0 spiro atoms. The van der Waals surface area contributed by atoms with Crippen molar-refractivity contribution in [2.75, 3.05) is 0 Å². The van der Waals surface area contributed by atoms with Crippen LogP contribution in [0.3, 0.4) is 0 Å². The summed E-state index contributed by atoms with van der Waals surface area (Å²) in [6, 6.07) is 11.6. The molecule has 0 bridgehead atoms. The minimum atomic E-state index is -0.0264. The van der Waals surface area contributed by atoms with Gasteiger partial charge in [0.05, 0.1) is 5.52 Å². The Hall–Kier alpha value is -2.27. The molecule has 2 heterocycles. The van der Waals surface area contributed by atoms with Crippen LogP contribution in [0.1, 0.15) is 18.5 Å². The highest BCUT2D eigenvalue weighted by Gasteiger charge is 2.08. The Labute approximate surface area is 104 Å². The first-order chi connectivity index (χ1) is 8.75. The summed E-state index contributed by atoms with van der Waals surface area (Å²) in [6.45, 7) is 1.94. The predicted octanol–water partition coefficient (Wildman–Crippen LogP) is 1.84. The number of para-hydroxylation sites is 1. The summed E-state index contributed by atoms with van der Waals surface area (Å²) in [5, 5.41) is 8.24. The number of nitrogens with zero attached hydrogens (tertiary/aromatic N) is 4. The van der Waals surface area contributed by atoms with Gasteiger partial charge in [-0.25, -0.2) is 4.98 Å². The zero-order chi connectivity index (χ0) is 12.5. The summed E-state index contributed by atoms with van der Waals surface area (Å²) in [4.78, 5) is 4.32. The third kappa shape index (κ3) is 1.74. The van der Waals surface area contributed by atoms with Gasteiger partial charge < -0.3 is 5.73 Å². The molecule has 0 saturated carbocycles. The predicted molar refractivity (Wildman–Crippen MR) is 69.3 cm³/mol. The first kappa shape index (κ1) is 10.9. The van der Waals surface area contributed by atoms with E-state index in [0.717, 1.165) is 22.4 Å². The summed E-state index contributed by atoms with van der Waals surface area (Å²) in [7, 11) is 0. The number of pyridine rings is 1. The van der Waals surface area contributed by atoms with E-state index in [2.05, 4.69) is 15.3 Å². The van der Waals surface area contributed by atoms with Gasteiger partial charge in [0.25, 0.3) is 0 Å². The summed E-state index contributed by atoms with van der Waals surface area (Å²) in [5.41, 5.74) is 8.69. The number of rotatable bonds is 2. The third-order valence-corrected chi connectivity index (χ3v) is 2.86. The van der Waals surface area contributed by atoms with Gasteiger partial charge >= 0.3 is 0 Å². The van der Waals surface area contributed by atoms with E-state index in [1.165, 1.54) is 0 Å². The minimum Gasteiger partial charge on any atom is -0.324 e. The van der Waals surface area contributed by atoms with Crippen molar-refractivity contribution in [1.82, 2.24) is 20.0 Å². The summed E-state index contributed by atoms with van der Waals surface area (Å²) in [6.07, 6.45) is 1.74. The van der Waals surface area contributed by atoms with E-state index < -0.39 is 0 Å². The van der Waals surface area contributed by atoms with Crippen LogP contribution in [0.4, 0.5) is 0 Å². The van der Waals surface area contributed by atoms with Crippen molar-refractivity contribution >= 4 is 11.0 Å². The normalized spacial score (nSPS) is 12.8. The van der Waals surface area contributed by atoms with Crippen LogP contribution >= 0.6 is 0 Å². The molecule has 2 aromatic heterocycles. The smallest absolute Gasteiger partial charge is 0.156 e. The van der Waals surface area contributed by atoms with Gasteiger partial charge in [-0.05, 0) is 36.8 Å². The van der Waals surface area contributed by atoms with Gasteiger partial charge in [-0.2, -0.15) is 4.68 Å². The van der Waals surface area contributed by atoms with E-state index in [9.17, 15) is 0 Å². The highest BCUT2D eigenvalue weighted by Crippen LogP contribution is 2.17. The lowest BCUT2D eigenvalue weighted by molar-refractivity contribution is 0.780. The second-order valence-corrected chi connectivity index (χ2v) is 4.23. The minimum absolute atomic E-state index is 0.0264. The van der Waals surface area contributed by atoms with Crippen molar-refractivity contribution in [3.8, 4) is 5.82 Å². The van der Waals surface area contributed by atoms with Crippen molar-refractivity contribution in [3.63, 3.8) is 0 Å². The van der Waals surface area contributed by atoms with Gasteiger partial charge in [0, 0.05) is 12.2 Å². The van der Waals surface area contributed by atoms with Gasteiger partial charge in [-0.1, -0.05) is 17.3 Å². The molecule has 0 saturated heterocycles. The monoisotopic (exact) mass is 239 g/mol. The Balaban J connectivity index is 2.17. The molecule has 0 aliphatic rings. The van der Waals surface area contributed by atoms with E-state index in [4.69, 9.17) is 5.73 Å². The van der Waals surface area contributed by atoms with Crippen LogP contribution in [0.15, 0.2) is 42.6 Å². The quantitative estimate of drug-likeness (QED) is 0.740. The lowest BCUT2D eigenvalue weighted by atomic mass is 10.1. The number of fused-ring (bicyclic) bond motifs is 1. The fourth-order valence-corrected chi connectivity index (χ4v) is 1.87. The molecule has 3 rings (SSSR count). The first-order valence-corrected chi connectivity index (χ1v) is 5.78. The molecule has 18 heavy (non-hydrogen) atoms. The van der Waals surface area contributed by atoms with E-state index in [1.54, 1.807) is 10.9 Å². The van der Waals surface area contributed by atoms with Crippen LogP contribution in [0.25, 0.3) is 16.9 Å². The fraction of sp³-hybridized carbons (Fsp3) is 0.154. The molecule has 1 aromatic carbocycles. The maximum Gasteiger partial charge on any atom is 0.156 e. The summed E-state index contributed by atoms with van der Waals surface area (Å²) < 4.78 is 1.72. The number of aromatic nitrogens is 4. The number of nitrogens with two attached hydrogens (primary N) is 1. The molecular weight excluding hydrogens is 226 g/mol. The summed E-state index contributed by atoms with van der Waals surface area (Å²) in [5.74, 6) is 0.735. The standard InChI is InChI=1S/C13H13N5/c1-9(14)10-6-7-15-13(8-10)18-12-5-3-2-4-11(12)16-17-18/h2-9H,14H2,1H3/t9-/m1/s1. The maximum atomic E-state index is 5.88. The Kier molecular flexibility index (Phi) is 2.53. The lowest BCUT2D eigenvalue weighted by Gasteiger charge is -2.07. The molecule has 0 fully saturated rings. The van der Waals surface area contributed by atoms with Crippen LogP contribution in [0, 0.1) is 0 Å². The lowest BCUT2D eigenvalue weighted by Crippen LogP contribution is -2.07. The molecule has 1 atom stereocenters. The number of hydrogen-bond donors (Lipinski definition) is 1. The first-order valence-electron chi connectivity index (χ1n) is 5.78. The second kappa shape index (κ2) is 4.19. The molecule has 0 unspecified atom stereocenters. The van der Waals surface area contributed by atoms with Crippen LogP contribution in [0.5, 0.6) is 0 Å². The average molecular weight is 239 g/mol. The van der Waals surface area contributed by atoms with Crippen molar-refractivity contribution in [1.29, 1.82) is 0 Å². The molecule has 0 radical (unpaired) electrons. The van der Waals surface area contributed by atoms with Crippen LogP contribution in [0.2, 0.25) is 0 Å². The molecule has 5 nitrogen and oxygen atoms in total. The molecule has 5 heteroatoms. The largest absolute Gasteiger partial charge is 0.324 e. The molecule has 0 aliphatic carbocycles. The topological polar surface area (TPSA) is 69.6 Å². The Morgan fingerprint density at radius 2 is 2.06 bits per heavy atom. The van der Waals surface area contributed by atoms with E-state index in [1.807, 2.05) is 43.3 Å². The van der Waals surface area contributed by atoms with Crippen molar-refractivity contribution < 1.29 is 0 Å². The van der Waals surface area contributed by atoms with Crippen molar-refractivity contribution in [2.45, 2.75) is 13.0 Å². The van der Waals surface area contributed by atoms with E-state index >= 15 is 0 Å². The summed E-state index contributed by atoms with van der Waals surface area (Å²) >= 11 is 0. The van der Waals surface area contributed by atoms with Crippen LogP contribution < -0.4 is 5.73 Å². The van der Waals surface area contributed by atoms with E-state index in [-0.39, 0.29) is 6.04 Å². The Morgan fingerprint density at radius 1 is 1.22 bits per heavy atom. The van der Waals surface area contributed by atoms with Crippen LogP contribution in [-0.2, 0) is 0 Å². The number of hydrogen-bond acceptors (Lipinski definition) is 4. The van der Waals surface area contributed by atoms with Gasteiger partial charge in [0.1, 0.15) is 5.52 Å². The zero-order valence-corrected chi connectivity index (χ0v) is 9.99. The zero-order valence-electron chi connectivity index (χ0n) is 9.99. The van der Waals surface area contributed by atoms with Crippen LogP contribution in [-0.4, -0.2) is 20.0 Å². The molecule has 0 aliphatic heterocycles. The molecule has 3 aromatic rings. The Morgan fingerprint density at radius 3 is 2.89 bits per heavy atom. The van der Waals surface area contributed by atoms with Gasteiger partial charge in [0.15, 0.2) is 5.82 Å². The number of benzene rings is 1. The highest BCUT2D eigenvalue weighted by molar-refractivity contribution is 5.75. The average Bonchev–Trinajstić information content (AvgIpc) is 2.82. The molecule has 2 N–H and O–H groups in total. The van der Waals surface area contributed by atoms with Gasteiger partial charge in [-0.3, -0.25) is 0 Å². The highest BCUT2D eigenvalue weighted by atomic mass is 15.4. The Bertz CT molecular complexity index is 686. The second-order valence-electron chi connectivity index (χ2n) is 4.23. The van der Waals surface area contributed by atoms with Crippen molar-refractivity contribution in [2.24, 2.45) is 5.73 Å². The molecular formula is C13H13N5. The fourth-order valence-electron chi connectivity index (χ4n) is 1.87. The van der Waals surface area contributed by atoms with Crippen molar-refractivity contribution in [3.05, 3.63) is 48.2 Å². The SMILES string of the molecule is C[C@@H](N)c1ccnc(-n2nnc3ccccc32)c1. The van der Waals surface area contributed by atoms with Gasteiger partial charge in [-0.15, -0.1) is 5.10 Å². The molecule has 0 amide bonds.